The molecule has 42 heavy (non-hydrogen) atoms. The Bertz CT molecular complexity index is 1600. The number of hydrogen-bond acceptors (Lipinski definition) is 4. The summed E-state index contributed by atoms with van der Waals surface area (Å²) in [4.78, 5) is 37.9. The Kier molecular flexibility index (Phi) is 7.48. The first-order chi connectivity index (χ1) is 19.9. The largest absolute Gasteiger partial charge is 0.496 e. The lowest BCUT2D eigenvalue weighted by Crippen LogP contribution is -2.47. The number of carboxylic acid groups (broad SMARTS) is 1. The Hall–Kier alpha value is -4.74. The summed E-state index contributed by atoms with van der Waals surface area (Å²) in [5, 5.41) is 14.4. The molecule has 4 atom stereocenters. The zero-order chi connectivity index (χ0) is 30.3. The summed E-state index contributed by atoms with van der Waals surface area (Å²) in [5.41, 5.74) is -1.49. The molecule has 2 aliphatic carbocycles. The van der Waals surface area contributed by atoms with Crippen LogP contribution in [-0.4, -0.2) is 36.0 Å². The highest BCUT2D eigenvalue weighted by atomic mass is 19.4. The molecule has 0 saturated heterocycles. The van der Waals surface area contributed by atoms with E-state index in [2.05, 4.69) is 10.6 Å². The van der Waals surface area contributed by atoms with Gasteiger partial charge in [0.2, 0.25) is 5.91 Å². The minimum atomic E-state index is -4.96. The number of carbonyl (C=O) groups is 3. The lowest BCUT2D eigenvalue weighted by Gasteiger charge is -2.28. The zero-order valence-corrected chi connectivity index (χ0v) is 21.8. The third-order valence-corrected chi connectivity index (χ3v) is 7.58. The van der Waals surface area contributed by atoms with Crippen LogP contribution in [0.1, 0.15) is 32.7 Å². The van der Waals surface area contributed by atoms with E-state index in [-0.39, 0.29) is 40.0 Å². The minimum absolute atomic E-state index is 0.00503. The maximum Gasteiger partial charge on any atom is 0.419 e. The third-order valence-electron chi connectivity index (χ3n) is 7.58. The number of aromatic carboxylic acids is 1. The highest BCUT2D eigenvalue weighted by Crippen LogP contribution is 2.45. The van der Waals surface area contributed by atoms with Crippen LogP contribution in [0.15, 0.2) is 66.7 Å². The molecule has 0 radical (unpaired) electrons. The van der Waals surface area contributed by atoms with Crippen LogP contribution in [-0.2, 0) is 11.0 Å². The second-order valence-corrected chi connectivity index (χ2v) is 10.1. The number of nitrogens with one attached hydrogen (secondary N) is 2. The Morgan fingerprint density at radius 1 is 0.929 bits per heavy atom. The van der Waals surface area contributed by atoms with E-state index >= 15 is 0 Å². The highest BCUT2D eigenvalue weighted by molar-refractivity contribution is 6.00. The number of anilines is 1. The molecule has 2 amide bonds. The van der Waals surface area contributed by atoms with Gasteiger partial charge in [0.25, 0.3) is 5.91 Å². The van der Waals surface area contributed by atoms with Gasteiger partial charge in [0.1, 0.15) is 17.4 Å². The molecule has 0 unspecified atom stereocenters. The Labute approximate surface area is 236 Å². The van der Waals surface area contributed by atoms with E-state index in [1.807, 2.05) is 6.08 Å². The predicted molar refractivity (Wildman–Crippen MR) is 141 cm³/mol. The van der Waals surface area contributed by atoms with Crippen molar-refractivity contribution >= 4 is 23.5 Å². The topological polar surface area (TPSA) is 105 Å². The van der Waals surface area contributed by atoms with Crippen molar-refractivity contribution in [3.05, 3.63) is 95.1 Å². The SMILES string of the molecule is COc1cc(F)c(-c2ccc(C(=O)O)cc2)cc1C(=O)N[C@H]1[C@@H](C(=O)Nc2ccc(F)c(C(F)(F)F)c2)[C@@H]2C=C[C@H]1C2. The van der Waals surface area contributed by atoms with Crippen molar-refractivity contribution < 1.29 is 46.2 Å². The first kappa shape index (κ1) is 28.8. The van der Waals surface area contributed by atoms with Gasteiger partial charge in [0.05, 0.1) is 29.7 Å². The fraction of sp³-hybridized carbons (Fsp3) is 0.233. The molecule has 218 valence electrons. The van der Waals surface area contributed by atoms with Crippen LogP contribution < -0.4 is 15.4 Å². The van der Waals surface area contributed by atoms with Gasteiger partial charge in [0.15, 0.2) is 0 Å². The second kappa shape index (κ2) is 10.9. The smallest absolute Gasteiger partial charge is 0.419 e. The molecule has 5 rings (SSSR count). The molecule has 2 bridgehead atoms. The van der Waals surface area contributed by atoms with Gasteiger partial charge in [-0.3, -0.25) is 9.59 Å². The number of carboxylic acids is 1. The maximum absolute atomic E-state index is 15.0. The van der Waals surface area contributed by atoms with Gasteiger partial charge in [-0.15, -0.1) is 0 Å². The molecule has 0 aliphatic heterocycles. The monoisotopic (exact) mass is 586 g/mol. The average molecular weight is 587 g/mol. The fourth-order valence-corrected chi connectivity index (χ4v) is 5.57. The van der Waals surface area contributed by atoms with Crippen LogP contribution in [0.2, 0.25) is 0 Å². The number of hydrogen-bond donors (Lipinski definition) is 3. The number of rotatable bonds is 7. The summed E-state index contributed by atoms with van der Waals surface area (Å²) in [6.07, 6.45) is -0.791. The van der Waals surface area contributed by atoms with Crippen LogP contribution in [0.5, 0.6) is 5.75 Å². The summed E-state index contributed by atoms with van der Waals surface area (Å²) in [7, 11) is 1.25. The normalized spacial score (nSPS) is 20.8. The number of alkyl halides is 3. The Morgan fingerprint density at radius 2 is 1.62 bits per heavy atom. The lowest BCUT2D eigenvalue weighted by atomic mass is 9.87. The molecular weight excluding hydrogens is 563 g/mol. The summed E-state index contributed by atoms with van der Waals surface area (Å²) >= 11 is 0. The second-order valence-electron chi connectivity index (χ2n) is 10.1. The number of halogens is 5. The maximum atomic E-state index is 15.0. The molecule has 3 aromatic rings. The van der Waals surface area contributed by atoms with E-state index in [1.54, 1.807) is 6.08 Å². The number of ether oxygens (including phenoxy) is 1. The lowest BCUT2D eigenvalue weighted by molar-refractivity contribution is -0.140. The molecule has 3 aromatic carbocycles. The van der Waals surface area contributed by atoms with Crippen molar-refractivity contribution in [2.45, 2.75) is 18.6 Å². The summed E-state index contributed by atoms with van der Waals surface area (Å²) in [5.74, 6) is -6.16. The number of carbonyl (C=O) groups excluding carboxylic acids is 2. The molecule has 3 N–H and O–H groups in total. The van der Waals surface area contributed by atoms with E-state index in [4.69, 9.17) is 9.84 Å². The van der Waals surface area contributed by atoms with Gasteiger partial charge in [-0.2, -0.15) is 13.2 Å². The summed E-state index contributed by atoms with van der Waals surface area (Å²) < 4.78 is 73.4. The van der Waals surface area contributed by atoms with Gasteiger partial charge >= 0.3 is 12.1 Å². The predicted octanol–water partition coefficient (Wildman–Crippen LogP) is 5.92. The molecule has 1 saturated carbocycles. The van der Waals surface area contributed by atoms with Crippen molar-refractivity contribution in [2.75, 3.05) is 12.4 Å². The molecule has 0 heterocycles. The standard InChI is InChI=1S/C30H23F5N2O5/c1-42-24-13-23(32)19(14-2-4-15(5-3-14)29(40)41)12-20(24)27(38)37-26-17-7-6-16(10-17)25(26)28(39)36-18-8-9-22(31)21(11-18)30(33,34)35/h2-9,11-13,16-17,25-26H,10H2,1H3,(H,36,39)(H,37,38)(H,40,41)/t16-,17+,25+,26-/m1/s1. The number of fused-ring (bicyclic) bond motifs is 2. The van der Waals surface area contributed by atoms with E-state index in [0.29, 0.717) is 24.1 Å². The van der Waals surface area contributed by atoms with E-state index in [0.717, 1.165) is 12.1 Å². The molecule has 2 aliphatic rings. The molecule has 0 spiro atoms. The van der Waals surface area contributed by atoms with E-state index in [1.165, 1.54) is 37.4 Å². The molecular formula is C30H23F5N2O5. The highest BCUT2D eigenvalue weighted by Gasteiger charge is 2.49. The zero-order valence-electron chi connectivity index (χ0n) is 21.8. The Balaban J connectivity index is 1.40. The van der Waals surface area contributed by atoms with Crippen molar-refractivity contribution in [1.29, 1.82) is 0 Å². The molecule has 0 aromatic heterocycles. The van der Waals surface area contributed by atoms with Crippen molar-refractivity contribution in [1.82, 2.24) is 5.32 Å². The van der Waals surface area contributed by atoms with Gasteiger partial charge < -0.3 is 20.5 Å². The van der Waals surface area contributed by atoms with Crippen molar-refractivity contribution in [3.8, 4) is 16.9 Å². The number of benzene rings is 3. The Morgan fingerprint density at radius 3 is 2.26 bits per heavy atom. The van der Waals surface area contributed by atoms with Crippen molar-refractivity contribution in [3.63, 3.8) is 0 Å². The van der Waals surface area contributed by atoms with Crippen LogP contribution in [0, 0.1) is 29.4 Å². The van der Waals surface area contributed by atoms with Gasteiger partial charge in [-0.25, -0.2) is 13.6 Å². The number of allylic oxidation sites excluding steroid dienone is 1. The number of methoxy groups -OCH3 is 1. The van der Waals surface area contributed by atoms with Crippen molar-refractivity contribution in [2.24, 2.45) is 17.8 Å². The van der Waals surface area contributed by atoms with Gasteiger partial charge in [-0.05, 0) is 60.2 Å². The third kappa shape index (κ3) is 5.44. The van der Waals surface area contributed by atoms with Crippen LogP contribution >= 0.6 is 0 Å². The van der Waals surface area contributed by atoms with Gasteiger partial charge in [0, 0.05) is 23.4 Å². The first-order valence-corrected chi connectivity index (χ1v) is 12.8. The van der Waals surface area contributed by atoms with E-state index in [9.17, 15) is 36.3 Å². The minimum Gasteiger partial charge on any atom is -0.496 e. The van der Waals surface area contributed by atoms with E-state index < -0.39 is 53.1 Å². The molecule has 12 heteroatoms. The van der Waals surface area contributed by atoms with Crippen LogP contribution in [0.25, 0.3) is 11.1 Å². The van der Waals surface area contributed by atoms with Crippen LogP contribution in [0.4, 0.5) is 27.6 Å². The first-order valence-electron chi connectivity index (χ1n) is 12.8. The molecule has 1 fully saturated rings. The summed E-state index contributed by atoms with van der Waals surface area (Å²) in [6.45, 7) is 0. The fourth-order valence-electron chi connectivity index (χ4n) is 5.57. The van der Waals surface area contributed by atoms with Crippen LogP contribution in [0.3, 0.4) is 0 Å². The van der Waals surface area contributed by atoms with Gasteiger partial charge in [-0.1, -0.05) is 24.3 Å². The molecule has 7 nitrogen and oxygen atoms in total. The quantitative estimate of drug-likeness (QED) is 0.236. The summed E-state index contributed by atoms with van der Waals surface area (Å²) in [6, 6.07) is 9.07. The average Bonchev–Trinajstić information content (AvgIpc) is 3.55. The number of amides is 2.